The fraction of sp³-hybridized carbons (Fsp3) is 0.600. The van der Waals surface area contributed by atoms with Gasteiger partial charge < -0.3 is 10.1 Å². The van der Waals surface area contributed by atoms with Gasteiger partial charge in [0.15, 0.2) is 5.54 Å². The lowest BCUT2D eigenvalue weighted by molar-refractivity contribution is 0.0395. The largest absolute Gasteiger partial charge is 0.381 e. The minimum Gasteiger partial charge on any atom is -0.381 e. The summed E-state index contributed by atoms with van der Waals surface area (Å²) in [6.07, 6.45) is 8.78. The molecular weight excluding hydrogens is 374 g/mol. The molecule has 3 heterocycles. The molecule has 0 bridgehead atoms. The minimum absolute atomic E-state index is 0.0764. The van der Waals surface area contributed by atoms with Gasteiger partial charge >= 0.3 is 0 Å². The maximum atomic E-state index is 12.7. The molecule has 1 aliphatic carbocycles. The number of nitrogens with one attached hydrogen (secondary N) is 1. The molecule has 0 spiro atoms. The Morgan fingerprint density at radius 3 is 2.82 bits per heavy atom. The summed E-state index contributed by atoms with van der Waals surface area (Å²) in [5, 5.41) is 25.5. The molecule has 1 amide bonds. The highest BCUT2D eigenvalue weighted by Gasteiger charge is 2.37. The molecule has 4 rings (SSSR count). The molecule has 2 fully saturated rings. The highest BCUT2D eigenvalue weighted by atomic mass is 32.1. The van der Waals surface area contributed by atoms with Crippen molar-refractivity contribution < 1.29 is 9.53 Å². The van der Waals surface area contributed by atoms with Crippen LogP contribution >= 0.6 is 11.3 Å². The highest BCUT2D eigenvalue weighted by Crippen LogP contribution is 2.35. The van der Waals surface area contributed by atoms with E-state index in [1.165, 1.54) is 30.6 Å². The maximum absolute atomic E-state index is 12.7. The molecule has 0 unspecified atom stereocenters. The van der Waals surface area contributed by atoms with E-state index < -0.39 is 5.54 Å². The van der Waals surface area contributed by atoms with Crippen molar-refractivity contribution in [3.05, 3.63) is 34.3 Å². The summed E-state index contributed by atoms with van der Waals surface area (Å²) < 4.78 is 7.11. The number of thiophene rings is 1. The van der Waals surface area contributed by atoms with Crippen molar-refractivity contribution >= 4 is 17.2 Å². The number of ether oxygens (including phenoxy) is 1. The molecule has 1 atom stereocenters. The SMILES string of the molecule is N#CC1(n2cc([C@@H](NC(=O)c3ccsc3)C3CCCCC3)nn2)CCOCC1. The molecule has 2 aliphatic rings. The second kappa shape index (κ2) is 8.41. The third-order valence-electron chi connectivity index (χ3n) is 5.99. The average molecular weight is 400 g/mol. The monoisotopic (exact) mass is 399 g/mol. The van der Waals surface area contributed by atoms with Crippen LogP contribution in [0.1, 0.15) is 67.0 Å². The van der Waals surface area contributed by atoms with E-state index in [0.29, 0.717) is 37.5 Å². The molecule has 0 aromatic carbocycles. The van der Waals surface area contributed by atoms with Crippen molar-refractivity contribution in [2.45, 2.75) is 56.5 Å². The highest BCUT2D eigenvalue weighted by molar-refractivity contribution is 7.08. The van der Waals surface area contributed by atoms with Gasteiger partial charge in [0, 0.05) is 31.4 Å². The number of nitriles is 1. The zero-order valence-corrected chi connectivity index (χ0v) is 16.7. The van der Waals surface area contributed by atoms with Crippen molar-refractivity contribution in [3.63, 3.8) is 0 Å². The van der Waals surface area contributed by atoms with Gasteiger partial charge in [-0.05, 0) is 30.2 Å². The first-order valence-corrected chi connectivity index (χ1v) is 10.9. The lowest BCUT2D eigenvalue weighted by Gasteiger charge is -2.31. The summed E-state index contributed by atoms with van der Waals surface area (Å²) in [5.41, 5.74) is 0.713. The third-order valence-corrected chi connectivity index (χ3v) is 6.67. The number of hydrogen-bond donors (Lipinski definition) is 1. The van der Waals surface area contributed by atoms with Gasteiger partial charge in [0.05, 0.1) is 23.9 Å². The van der Waals surface area contributed by atoms with Crippen LogP contribution in [0.5, 0.6) is 0 Å². The van der Waals surface area contributed by atoms with E-state index in [9.17, 15) is 10.1 Å². The second-order valence-electron chi connectivity index (χ2n) is 7.70. The summed E-state index contributed by atoms with van der Waals surface area (Å²) in [4.78, 5) is 12.7. The van der Waals surface area contributed by atoms with Crippen molar-refractivity contribution in [2.75, 3.05) is 13.2 Å². The van der Waals surface area contributed by atoms with Gasteiger partial charge in [0.25, 0.3) is 5.91 Å². The van der Waals surface area contributed by atoms with Crippen molar-refractivity contribution in [1.29, 1.82) is 5.26 Å². The van der Waals surface area contributed by atoms with E-state index >= 15 is 0 Å². The van der Waals surface area contributed by atoms with Gasteiger partial charge in [-0.25, -0.2) is 4.68 Å². The zero-order valence-electron chi connectivity index (χ0n) is 15.8. The van der Waals surface area contributed by atoms with E-state index in [4.69, 9.17) is 4.74 Å². The number of carbonyl (C=O) groups is 1. The van der Waals surface area contributed by atoms with Crippen molar-refractivity contribution in [1.82, 2.24) is 20.3 Å². The standard InChI is InChI=1S/C20H25N5O2S/c21-14-20(7-9-27-10-8-20)25-12-17(23-24-25)18(15-4-2-1-3-5-15)22-19(26)16-6-11-28-13-16/h6,11-13,15,18H,1-5,7-10H2,(H,22,26)/t18-/m0/s1. The van der Waals surface area contributed by atoms with E-state index in [0.717, 1.165) is 18.5 Å². The molecule has 8 heteroatoms. The predicted molar refractivity (Wildman–Crippen MR) is 105 cm³/mol. The average Bonchev–Trinajstić information content (AvgIpc) is 3.45. The molecule has 1 aliphatic heterocycles. The van der Waals surface area contributed by atoms with E-state index in [1.54, 1.807) is 4.68 Å². The van der Waals surface area contributed by atoms with E-state index in [2.05, 4.69) is 21.7 Å². The van der Waals surface area contributed by atoms with Crippen LogP contribution in [0.25, 0.3) is 0 Å². The van der Waals surface area contributed by atoms with Gasteiger partial charge in [-0.2, -0.15) is 16.6 Å². The molecule has 2 aromatic rings. The Morgan fingerprint density at radius 2 is 2.14 bits per heavy atom. The summed E-state index contributed by atoms with van der Waals surface area (Å²) in [5.74, 6) is 0.265. The molecule has 0 radical (unpaired) electrons. The Morgan fingerprint density at radius 1 is 1.36 bits per heavy atom. The zero-order chi connectivity index (χ0) is 19.4. The number of amides is 1. The summed E-state index contributed by atoms with van der Waals surface area (Å²) in [7, 11) is 0. The van der Waals surface area contributed by atoms with Gasteiger partial charge in [0.1, 0.15) is 5.69 Å². The van der Waals surface area contributed by atoms with Crippen LogP contribution < -0.4 is 5.32 Å². The Hall–Kier alpha value is -2.24. The number of rotatable bonds is 5. The van der Waals surface area contributed by atoms with Gasteiger partial charge in [-0.15, -0.1) is 5.10 Å². The lowest BCUT2D eigenvalue weighted by atomic mass is 9.82. The normalized spacial score (nSPS) is 21.0. The van der Waals surface area contributed by atoms with Gasteiger partial charge in [-0.3, -0.25) is 4.79 Å². The van der Waals surface area contributed by atoms with Crippen LogP contribution in [0.4, 0.5) is 0 Å². The number of aromatic nitrogens is 3. The lowest BCUT2D eigenvalue weighted by Crippen LogP contribution is -2.39. The molecule has 148 valence electrons. The van der Waals surface area contributed by atoms with Gasteiger partial charge in [-0.1, -0.05) is 24.5 Å². The molecule has 1 saturated carbocycles. The Balaban J connectivity index is 1.60. The van der Waals surface area contributed by atoms with Crippen LogP contribution in [0.2, 0.25) is 0 Å². The van der Waals surface area contributed by atoms with Crippen molar-refractivity contribution in [3.8, 4) is 6.07 Å². The molecule has 1 saturated heterocycles. The molecule has 28 heavy (non-hydrogen) atoms. The topological polar surface area (TPSA) is 92.8 Å². The van der Waals surface area contributed by atoms with Crippen LogP contribution in [0.15, 0.2) is 23.0 Å². The van der Waals surface area contributed by atoms with Crippen LogP contribution in [0.3, 0.4) is 0 Å². The van der Waals surface area contributed by atoms with Gasteiger partial charge in [0.2, 0.25) is 0 Å². The quantitative estimate of drug-likeness (QED) is 0.831. The molecular formula is C20H25N5O2S. The van der Waals surface area contributed by atoms with Crippen molar-refractivity contribution in [2.24, 2.45) is 5.92 Å². The minimum atomic E-state index is -0.710. The van der Waals surface area contributed by atoms with E-state index in [1.807, 2.05) is 23.0 Å². The number of hydrogen-bond acceptors (Lipinski definition) is 6. The summed E-state index contributed by atoms with van der Waals surface area (Å²) in [6, 6.07) is 4.07. The smallest absolute Gasteiger partial charge is 0.252 e. The number of carbonyl (C=O) groups excluding carboxylic acids is 1. The second-order valence-corrected chi connectivity index (χ2v) is 8.49. The first-order chi connectivity index (χ1) is 13.7. The first-order valence-electron chi connectivity index (χ1n) is 9.97. The van der Waals surface area contributed by atoms with Crippen LogP contribution in [0, 0.1) is 17.2 Å². The molecule has 2 aromatic heterocycles. The van der Waals surface area contributed by atoms with E-state index in [-0.39, 0.29) is 11.9 Å². The third kappa shape index (κ3) is 3.82. The Bertz CT molecular complexity index is 829. The van der Waals surface area contributed by atoms with Crippen LogP contribution in [-0.4, -0.2) is 34.1 Å². The first kappa shape index (κ1) is 19.1. The molecule has 7 nitrogen and oxygen atoms in total. The Labute approximate surface area is 168 Å². The maximum Gasteiger partial charge on any atom is 0.252 e. The fourth-order valence-corrected chi connectivity index (χ4v) is 4.88. The fourth-order valence-electron chi connectivity index (χ4n) is 4.25. The summed E-state index contributed by atoms with van der Waals surface area (Å²) in [6.45, 7) is 1.09. The number of nitrogens with zero attached hydrogens (tertiary/aromatic N) is 4. The van der Waals surface area contributed by atoms with Crippen LogP contribution in [-0.2, 0) is 10.3 Å². The summed E-state index contributed by atoms with van der Waals surface area (Å²) >= 11 is 1.51. The predicted octanol–water partition coefficient (Wildman–Crippen LogP) is 3.42. The molecule has 1 N–H and O–H groups in total. The Kier molecular flexibility index (Phi) is 5.74.